The highest BCUT2D eigenvalue weighted by Crippen LogP contribution is 2.34. The zero-order valence-electron chi connectivity index (χ0n) is 22.9. The van der Waals surface area contributed by atoms with Crippen molar-refractivity contribution in [3.8, 4) is 33.8 Å². The normalized spacial score (nSPS) is 12.0. The van der Waals surface area contributed by atoms with Crippen LogP contribution < -0.4 is 5.32 Å². The van der Waals surface area contributed by atoms with E-state index in [1.165, 1.54) is 18.2 Å². The maximum atomic E-state index is 15.2. The average molecular weight is 588 g/mol. The van der Waals surface area contributed by atoms with E-state index in [0.29, 0.717) is 67.9 Å². The zero-order chi connectivity index (χ0) is 29.4. The fourth-order valence-corrected chi connectivity index (χ4v) is 5.56. The minimum Gasteiger partial charge on any atom is -0.335 e. The van der Waals surface area contributed by atoms with Crippen molar-refractivity contribution in [1.82, 2.24) is 35.5 Å². The number of nitrogens with one attached hydrogen (secondary N) is 3. The monoisotopic (exact) mass is 587 g/mol. The van der Waals surface area contributed by atoms with Gasteiger partial charge in [-0.2, -0.15) is 5.10 Å². The van der Waals surface area contributed by atoms with Gasteiger partial charge in [0.15, 0.2) is 11.5 Å². The van der Waals surface area contributed by atoms with E-state index in [1.807, 2.05) is 13.0 Å². The highest BCUT2D eigenvalue weighted by atomic mass is 32.2. The van der Waals surface area contributed by atoms with Crippen molar-refractivity contribution in [3.63, 3.8) is 0 Å². The van der Waals surface area contributed by atoms with Crippen LogP contribution in [0.4, 0.5) is 8.78 Å². The lowest BCUT2D eigenvalue weighted by atomic mass is 10.0. The number of aromatic amines is 2. The number of hydrogen-bond acceptors (Lipinski definition) is 7. The summed E-state index contributed by atoms with van der Waals surface area (Å²) in [7, 11) is -3.21. The van der Waals surface area contributed by atoms with E-state index < -0.39 is 21.5 Å². The first kappa shape index (κ1) is 27.6. The second-order valence-corrected chi connectivity index (χ2v) is 12.4. The van der Waals surface area contributed by atoms with Gasteiger partial charge in [-0.05, 0) is 60.0 Å². The number of rotatable bonds is 9. The van der Waals surface area contributed by atoms with Crippen LogP contribution in [0, 0.1) is 11.6 Å². The highest BCUT2D eigenvalue weighted by Gasteiger charge is 2.19. The number of aromatic nitrogens is 6. The molecule has 42 heavy (non-hydrogen) atoms. The van der Waals surface area contributed by atoms with Gasteiger partial charge >= 0.3 is 0 Å². The summed E-state index contributed by atoms with van der Waals surface area (Å²) in [6.07, 6.45) is 6.30. The molecule has 0 aliphatic carbocycles. The van der Waals surface area contributed by atoms with Gasteiger partial charge < -0.3 is 10.3 Å². The van der Waals surface area contributed by atoms with Gasteiger partial charge in [0, 0.05) is 59.5 Å². The van der Waals surface area contributed by atoms with Gasteiger partial charge in [-0.3, -0.25) is 10.1 Å². The lowest BCUT2D eigenvalue weighted by Crippen LogP contribution is -2.11. The topological polar surface area (TPSA) is 129 Å². The fraction of sp³-hybridized carbons (Fsp3) is 0.200. The largest absolute Gasteiger partial charge is 0.335 e. The Labute approximate surface area is 240 Å². The minimum atomic E-state index is -3.21. The summed E-state index contributed by atoms with van der Waals surface area (Å²) in [4.78, 5) is 16.6. The maximum absolute atomic E-state index is 15.2. The molecule has 0 radical (unpaired) electrons. The third-order valence-electron chi connectivity index (χ3n) is 6.98. The van der Waals surface area contributed by atoms with Gasteiger partial charge in [-0.1, -0.05) is 13.0 Å². The molecule has 0 atom stereocenters. The molecule has 0 saturated heterocycles. The predicted octanol–water partition coefficient (Wildman–Crippen LogP) is 5.21. The van der Waals surface area contributed by atoms with Crippen molar-refractivity contribution >= 4 is 31.9 Å². The van der Waals surface area contributed by atoms with Crippen LogP contribution in [-0.2, 0) is 22.8 Å². The molecular weight excluding hydrogens is 560 g/mol. The second-order valence-electron chi connectivity index (χ2n) is 10.2. The first-order valence-corrected chi connectivity index (χ1v) is 15.4. The summed E-state index contributed by atoms with van der Waals surface area (Å²) in [5.74, 6) is -0.564. The lowest BCUT2D eigenvalue weighted by molar-refractivity contribution is 0.600. The van der Waals surface area contributed by atoms with E-state index in [0.717, 1.165) is 18.4 Å². The number of nitrogens with zero attached hydrogens (tertiary/aromatic N) is 4. The van der Waals surface area contributed by atoms with Crippen molar-refractivity contribution < 1.29 is 17.2 Å². The fourth-order valence-electron chi connectivity index (χ4n) is 4.96. The second kappa shape index (κ2) is 11.0. The average Bonchev–Trinajstić information content (AvgIpc) is 3.57. The molecule has 0 unspecified atom stereocenters. The third kappa shape index (κ3) is 5.63. The zero-order valence-corrected chi connectivity index (χ0v) is 23.7. The van der Waals surface area contributed by atoms with Crippen LogP contribution >= 0.6 is 0 Å². The minimum absolute atomic E-state index is 0.0827. The summed E-state index contributed by atoms with van der Waals surface area (Å²) in [5, 5.41) is 11.2. The molecule has 0 spiro atoms. The molecule has 2 aromatic carbocycles. The van der Waals surface area contributed by atoms with E-state index in [9.17, 15) is 12.8 Å². The molecule has 4 heterocycles. The molecule has 6 rings (SSSR count). The number of benzene rings is 2. The molecule has 0 amide bonds. The van der Waals surface area contributed by atoms with E-state index in [2.05, 4.69) is 35.5 Å². The molecular formula is C30H27F2N7O2S. The van der Waals surface area contributed by atoms with Gasteiger partial charge in [0.25, 0.3) is 0 Å². The molecule has 214 valence electrons. The number of imidazole rings is 1. The van der Waals surface area contributed by atoms with Crippen LogP contribution in [0.5, 0.6) is 0 Å². The van der Waals surface area contributed by atoms with Crippen LogP contribution in [0.25, 0.3) is 55.8 Å². The Hall–Kier alpha value is -4.55. The van der Waals surface area contributed by atoms with Crippen LogP contribution in [-0.4, -0.2) is 57.1 Å². The standard InChI is InChI=1S/C30H27F2N7O2S/c1-3-33-14-18-9-20(16-34-15-18)23-12-24-26(13-25(23)32)38-39-28(24)30-36-27-22(4-6-35-29(27)37-30)19-8-17(10-21(31)11-19)5-7-42(2,40)41/h4,6,8-13,15-16,33H,3,5,7,14H2,1-2H3,(H,38,39)(H,35,36,37). The Morgan fingerprint density at radius 1 is 0.976 bits per heavy atom. The molecule has 0 bridgehead atoms. The van der Waals surface area contributed by atoms with E-state index in [1.54, 1.807) is 36.8 Å². The Morgan fingerprint density at radius 3 is 2.62 bits per heavy atom. The van der Waals surface area contributed by atoms with Crippen LogP contribution in [0.3, 0.4) is 0 Å². The number of aryl methyl sites for hydroxylation is 1. The molecule has 0 saturated carbocycles. The predicted molar refractivity (Wildman–Crippen MR) is 158 cm³/mol. The lowest BCUT2D eigenvalue weighted by Gasteiger charge is -2.07. The number of hydrogen-bond donors (Lipinski definition) is 3. The molecule has 12 heteroatoms. The Kier molecular flexibility index (Phi) is 7.25. The molecule has 0 aliphatic rings. The van der Waals surface area contributed by atoms with Crippen LogP contribution in [0.2, 0.25) is 0 Å². The first-order chi connectivity index (χ1) is 20.2. The van der Waals surface area contributed by atoms with Crippen molar-refractivity contribution in [3.05, 3.63) is 83.8 Å². The summed E-state index contributed by atoms with van der Waals surface area (Å²) in [6.45, 7) is 3.44. The quantitative estimate of drug-likeness (QED) is 0.212. The van der Waals surface area contributed by atoms with Crippen molar-refractivity contribution in [1.29, 1.82) is 0 Å². The Bertz CT molecular complexity index is 2050. The first-order valence-electron chi connectivity index (χ1n) is 13.3. The van der Waals surface area contributed by atoms with Gasteiger partial charge in [0.2, 0.25) is 0 Å². The van der Waals surface area contributed by atoms with Gasteiger partial charge in [0.05, 0.1) is 16.8 Å². The summed E-state index contributed by atoms with van der Waals surface area (Å²) in [6, 6.07) is 11.2. The maximum Gasteiger partial charge on any atom is 0.178 e. The summed E-state index contributed by atoms with van der Waals surface area (Å²) >= 11 is 0. The van der Waals surface area contributed by atoms with Gasteiger partial charge in [0.1, 0.15) is 27.2 Å². The molecule has 6 aromatic rings. The number of fused-ring (bicyclic) bond motifs is 2. The summed E-state index contributed by atoms with van der Waals surface area (Å²) in [5.41, 5.74) is 5.66. The van der Waals surface area contributed by atoms with Crippen molar-refractivity contribution in [2.45, 2.75) is 19.9 Å². The number of halogens is 2. The number of H-pyrrole nitrogens is 2. The molecule has 0 fully saturated rings. The Morgan fingerprint density at radius 2 is 1.81 bits per heavy atom. The highest BCUT2D eigenvalue weighted by molar-refractivity contribution is 7.90. The molecule has 9 nitrogen and oxygen atoms in total. The van der Waals surface area contributed by atoms with Gasteiger partial charge in [-0.25, -0.2) is 27.2 Å². The van der Waals surface area contributed by atoms with Crippen LogP contribution in [0.15, 0.2) is 61.1 Å². The van der Waals surface area contributed by atoms with Crippen molar-refractivity contribution in [2.24, 2.45) is 0 Å². The number of pyridine rings is 2. The third-order valence-corrected chi connectivity index (χ3v) is 7.93. The molecule has 0 aliphatic heterocycles. The van der Waals surface area contributed by atoms with Crippen LogP contribution in [0.1, 0.15) is 18.1 Å². The van der Waals surface area contributed by atoms with Crippen molar-refractivity contribution in [2.75, 3.05) is 18.6 Å². The number of sulfone groups is 1. The Balaban J connectivity index is 1.41. The van der Waals surface area contributed by atoms with E-state index >= 15 is 4.39 Å². The molecule has 4 aromatic heterocycles. The van der Waals surface area contributed by atoms with E-state index in [4.69, 9.17) is 0 Å². The summed E-state index contributed by atoms with van der Waals surface area (Å²) < 4.78 is 53.1. The smallest absolute Gasteiger partial charge is 0.178 e. The molecule has 3 N–H and O–H groups in total. The SMILES string of the molecule is CCNCc1cncc(-c2cc3c(-c4nc5nccc(-c6cc(F)cc(CCS(C)(=O)=O)c6)c5[nH]4)n[nH]c3cc2F)c1. The van der Waals surface area contributed by atoms with Gasteiger partial charge in [-0.15, -0.1) is 0 Å². The van der Waals surface area contributed by atoms with E-state index in [-0.39, 0.29) is 12.2 Å².